The van der Waals surface area contributed by atoms with Gasteiger partial charge in [-0.05, 0) is 36.0 Å². The molecule has 0 bridgehead atoms. The van der Waals surface area contributed by atoms with Crippen LogP contribution in [0.5, 0.6) is 0 Å². The lowest BCUT2D eigenvalue weighted by atomic mass is 9.78. The van der Waals surface area contributed by atoms with Crippen LogP contribution < -0.4 is 16.0 Å². The molecule has 0 radical (unpaired) electrons. The van der Waals surface area contributed by atoms with Gasteiger partial charge in [0.1, 0.15) is 5.82 Å². The van der Waals surface area contributed by atoms with E-state index in [1.54, 1.807) is 12.1 Å². The summed E-state index contributed by atoms with van der Waals surface area (Å²) in [5.74, 6) is 0.579. The highest BCUT2D eigenvalue weighted by Crippen LogP contribution is 2.29. The SMILES string of the molecule is C[C@H]1[C@H](C)CCC[C@@H]1NC(=O)CNC(=O)NCc1ccc(F)cc1. The minimum atomic E-state index is -0.417. The summed E-state index contributed by atoms with van der Waals surface area (Å²) in [4.78, 5) is 23.7. The van der Waals surface area contributed by atoms with Crippen molar-refractivity contribution < 1.29 is 14.0 Å². The molecule has 1 aromatic rings. The topological polar surface area (TPSA) is 70.2 Å². The molecule has 0 saturated heterocycles. The van der Waals surface area contributed by atoms with Gasteiger partial charge in [0.05, 0.1) is 6.54 Å². The predicted octanol–water partition coefficient (Wildman–Crippen LogP) is 2.57. The second-order valence-electron chi connectivity index (χ2n) is 6.60. The zero-order chi connectivity index (χ0) is 17.5. The molecule has 2 rings (SSSR count). The van der Waals surface area contributed by atoms with E-state index in [9.17, 15) is 14.0 Å². The second-order valence-corrected chi connectivity index (χ2v) is 6.60. The molecule has 0 aromatic heterocycles. The molecule has 6 heteroatoms. The first-order valence-electron chi connectivity index (χ1n) is 8.51. The molecule has 0 spiro atoms. The minimum absolute atomic E-state index is 0.0488. The van der Waals surface area contributed by atoms with Gasteiger partial charge in [-0.3, -0.25) is 4.79 Å². The summed E-state index contributed by atoms with van der Waals surface area (Å²) >= 11 is 0. The number of rotatable bonds is 5. The molecule has 1 fully saturated rings. The first-order chi connectivity index (χ1) is 11.5. The van der Waals surface area contributed by atoms with Crippen LogP contribution in [-0.4, -0.2) is 24.5 Å². The van der Waals surface area contributed by atoms with Gasteiger partial charge in [0.25, 0.3) is 0 Å². The van der Waals surface area contributed by atoms with E-state index in [4.69, 9.17) is 0 Å². The maximum atomic E-state index is 12.8. The van der Waals surface area contributed by atoms with Crippen molar-refractivity contribution in [1.29, 1.82) is 0 Å². The van der Waals surface area contributed by atoms with Crippen molar-refractivity contribution in [3.05, 3.63) is 35.6 Å². The zero-order valence-corrected chi connectivity index (χ0v) is 14.3. The van der Waals surface area contributed by atoms with Crippen LogP contribution in [0.4, 0.5) is 9.18 Å². The standard InChI is InChI=1S/C18H26FN3O2/c1-12-4-3-5-16(13(12)2)22-17(23)11-21-18(24)20-10-14-6-8-15(19)9-7-14/h6-9,12-13,16H,3-5,10-11H2,1-2H3,(H,22,23)(H2,20,21,24)/t12-,13+,16+/m1/s1. The Morgan fingerprint density at radius 2 is 1.83 bits per heavy atom. The highest BCUT2D eigenvalue weighted by Gasteiger charge is 2.27. The Morgan fingerprint density at radius 3 is 2.54 bits per heavy atom. The molecule has 1 aliphatic rings. The van der Waals surface area contributed by atoms with Gasteiger partial charge in [-0.15, -0.1) is 0 Å². The van der Waals surface area contributed by atoms with Crippen LogP contribution in [0, 0.1) is 17.7 Å². The van der Waals surface area contributed by atoms with Crippen molar-refractivity contribution in [2.75, 3.05) is 6.54 Å². The summed E-state index contributed by atoms with van der Waals surface area (Å²) < 4.78 is 12.8. The van der Waals surface area contributed by atoms with Crippen LogP contribution in [0.25, 0.3) is 0 Å². The smallest absolute Gasteiger partial charge is 0.315 e. The summed E-state index contributed by atoms with van der Waals surface area (Å²) in [6, 6.07) is 5.66. The summed E-state index contributed by atoms with van der Waals surface area (Å²) in [6.07, 6.45) is 3.33. The summed E-state index contributed by atoms with van der Waals surface area (Å²) in [5.41, 5.74) is 0.793. The Morgan fingerprint density at radius 1 is 1.12 bits per heavy atom. The van der Waals surface area contributed by atoms with Gasteiger partial charge in [-0.25, -0.2) is 9.18 Å². The van der Waals surface area contributed by atoms with E-state index in [0.29, 0.717) is 11.8 Å². The van der Waals surface area contributed by atoms with Crippen molar-refractivity contribution in [2.45, 2.75) is 45.7 Å². The fraction of sp³-hybridized carbons (Fsp3) is 0.556. The summed E-state index contributed by atoms with van der Waals surface area (Å²) in [6.45, 7) is 4.61. The Bertz CT molecular complexity index is 562. The van der Waals surface area contributed by atoms with Gasteiger partial charge in [-0.1, -0.05) is 38.8 Å². The van der Waals surface area contributed by atoms with E-state index in [1.807, 2.05) is 0 Å². The number of halogens is 1. The Balaban J connectivity index is 1.67. The van der Waals surface area contributed by atoms with Crippen molar-refractivity contribution in [3.8, 4) is 0 Å². The van der Waals surface area contributed by atoms with Gasteiger partial charge in [-0.2, -0.15) is 0 Å². The number of carbonyl (C=O) groups excluding carboxylic acids is 2. The van der Waals surface area contributed by atoms with E-state index in [0.717, 1.165) is 18.4 Å². The third-order valence-electron chi connectivity index (χ3n) is 4.83. The monoisotopic (exact) mass is 335 g/mol. The lowest BCUT2D eigenvalue weighted by molar-refractivity contribution is -0.121. The maximum Gasteiger partial charge on any atom is 0.315 e. The van der Waals surface area contributed by atoms with Gasteiger partial charge in [0, 0.05) is 12.6 Å². The molecule has 0 unspecified atom stereocenters. The molecule has 3 atom stereocenters. The third-order valence-corrected chi connectivity index (χ3v) is 4.83. The number of nitrogens with one attached hydrogen (secondary N) is 3. The number of carbonyl (C=O) groups is 2. The van der Waals surface area contributed by atoms with E-state index in [2.05, 4.69) is 29.8 Å². The van der Waals surface area contributed by atoms with Crippen molar-refractivity contribution in [2.24, 2.45) is 11.8 Å². The highest BCUT2D eigenvalue weighted by molar-refractivity contribution is 5.84. The molecule has 0 aliphatic heterocycles. The molecule has 5 nitrogen and oxygen atoms in total. The third kappa shape index (κ3) is 5.51. The second kappa shape index (κ2) is 8.66. The molecule has 1 aromatic carbocycles. The predicted molar refractivity (Wildman–Crippen MR) is 90.7 cm³/mol. The van der Waals surface area contributed by atoms with Gasteiger partial charge < -0.3 is 16.0 Å². The molecule has 3 amide bonds. The first kappa shape index (κ1) is 18.2. The zero-order valence-electron chi connectivity index (χ0n) is 14.3. The lowest BCUT2D eigenvalue weighted by Crippen LogP contribution is -2.48. The van der Waals surface area contributed by atoms with Crippen molar-refractivity contribution in [1.82, 2.24) is 16.0 Å². The fourth-order valence-corrected chi connectivity index (χ4v) is 3.05. The van der Waals surface area contributed by atoms with Gasteiger partial charge in [0.2, 0.25) is 5.91 Å². The molecule has 24 heavy (non-hydrogen) atoms. The average Bonchev–Trinajstić information content (AvgIpc) is 2.56. The molecule has 3 N–H and O–H groups in total. The van der Waals surface area contributed by atoms with E-state index >= 15 is 0 Å². The fourth-order valence-electron chi connectivity index (χ4n) is 3.05. The molecular formula is C18H26FN3O2. The first-order valence-corrected chi connectivity index (χ1v) is 8.51. The molecular weight excluding hydrogens is 309 g/mol. The number of urea groups is 1. The average molecular weight is 335 g/mol. The van der Waals surface area contributed by atoms with Crippen molar-refractivity contribution >= 4 is 11.9 Å². The normalized spacial score (nSPS) is 23.4. The Hall–Kier alpha value is -2.11. The van der Waals surface area contributed by atoms with Crippen LogP contribution in [0.1, 0.15) is 38.7 Å². The molecule has 132 valence electrons. The van der Waals surface area contributed by atoms with Crippen LogP contribution in [0.2, 0.25) is 0 Å². The molecule has 0 heterocycles. The summed E-state index contributed by atoms with van der Waals surface area (Å²) in [7, 11) is 0. The molecule has 1 saturated carbocycles. The molecule has 1 aliphatic carbocycles. The largest absolute Gasteiger partial charge is 0.352 e. The van der Waals surface area contributed by atoms with Crippen LogP contribution in [0.15, 0.2) is 24.3 Å². The number of hydrogen-bond donors (Lipinski definition) is 3. The van der Waals surface area contributed by atoms with Crippen LogP contribution >= 0.6 is 0 Å². The Kier molecular flexibility index (Phi) is 6.58. The van der Waals surface area contributed by atoms with Crippen molar-refractivity contribution in [3.63, 3.8) is 0 Å². The lowest BCUT2D eigenvalue weighted by Gasteiger charge is -2.34. The van der Waals surface area contributed by atoms with E-state index in [1.165, 1.54) is 18.6 Å². The Labute approximate surface area is 142 Å². The minimum Gasteiger partial charge on any atom is -0.352 e. The maximum absolute atomic E-state index is 12.8. The summed E-state index contributed by atoms with van der Waals surface area (Å²) in [5, 5.41) is 8.20. The van der Waals surface area contributed by atoms with Crippen LogP contribution in [0.3, 0.4) is 0 Å². The number of hydrogen-bond acceptors (Lipinski definition) is 2. The van der Waals surface area contributed by atoms with E-state index in [-0.39, 0.29) is 30.9 Å². The van der Waals surface area contributed by atoms with E-state index < -0.39 is 6.03 Å². The number of benzene rings is 1. The quantitative estimate of drug-likeness (QED) is 0.774. The van der Waals surface area contributed by atoms with Gasteiger partial charge in [0.15, 0.2) is 0 Å². The van der Waals surface area contributed by atoms with Crippen LogP contribution in [-0.2, 0) is 11.3 Å². The number of amides is 3. The van der Waals surface area contributed by atoms with Gasteiger partial charge >= 0.3 is 6.03 Å². The highest BCUT2D eigenvalue weighted by atomic mass is 19.1.